The van der Waals surface area contributed by atoms with Crippen molar-refractivity contribution in [2.24, 2.45) is 7.05 Å². The van der Waals surface area contributed by atoms with Gasteiger partial charge in [0.1, 0.15) is 5.82 Å². The molecule has 0 saturated heterocycles. The van der Waals surface area contributed by atoms with Crippen LogP contribution in [0.5, 0.6) is 0 Å². The predicted octanol–water partition coefficient (Wildman–Crippen LogP) is 4.15. The van der Waals surface area contributed by atoms with Gasteiger partial charge in [0, 0.05) is 12.7 Å². The maximum absolute atomic E-state index is 13.1. The summed E-state index contributed by atoms with van der Waals surface area (Å²) >= 11 is 9.30. The van der Waals surface area contributed by atoms with Gasteiger partial charge in [-0.1, -0.05) is 18.5 Å². The third kappa shape index (κ3) is 3.09. The zero-order valence-electron chi connectivity index (χ0n) is 10.7. The highest BCUT2D eigenvalue weighted by atomic mass is 79.9. The summed E-state index contributed by atoms with van der Waals surface area (Å²) in [6, 6.07) is 4.58. The number of rotatable bonds is 4. The van der Waals surface area contributed by atoms with Crippen molar-refractivity contribution in [1.82, 2.24) is 9.78 Å². The van der Waals surface area contributed by atoms with Gasteiger partial charge in [-0.3, -0.25) is 4.68 Å². The highest BCUT2D eigenvalue weighted by Gasteiger charge is 2.12. The first-order valence-electron chi connectivity index (χ1n) is 5.92. The summed E-state index contributed by atoms with van der Waals surface area (Å²) in [5, 5.41) is 7.74. The van der Waals surface area contributed by atoms with Crippen LogP contribution in [-0.4, -0.2) is 9.78 Å². The zero-order chi connectivity index (χ0) is 14.0. The Morgan fingerprint density at radius 2 is 2.21 bits per heavy atom. The molecule has 0 fully saturated rings. The lowest BCUT2D eigenvalue weighted by molar-refractivity contribution is 0.628. The molecule has 1 N–H and O–H groups in total. The first kappa shape index (κ1) is 14.3. The van der Waals surface area contributed by atoms with Gasteiger partial charge in [-0.2, -0.15) is 5.10 Å². The van der Waals surface area contributed by atoms with Gasteiger partial charge < -0.3 is 5.32 Å². The van der Waals surface area contributed by atoms with E-state index in [4.69, 9.17) is 11.6 Å². The second kappa shape index (κ2) is 5.92. The van der Waals surface area contributed by atoms with Gasteiger partial charge in [0.25, 0.3) is 0 Å². The van der Waals surface area contributed by atoms with Gasteiger partial charge in [-0.05, 0) is 40.5 Å². The van der Waals surface area contributed by atoms with Crippen molar-refractivity contribution in [2.45, 2.75) is 19.9 Å². The maximum Gasteiger partial charge on any atom is 0.141 e. The van der Waals surface area contributed by atoms with Crippen molar-refractivity contribution in [2.75, 3.05) is 5.32 Å². The number of anilines is 1. The molecule has 0 unspecified atom stereocenters. The van der Waals surface area contributed by atoms with Crippen molar-refractivity contribution in [3.63, 3.8) is 0 Å². The summed E-state index contributed by atoms with van der Waals surface area (Å²) in [5.74, 6) is -0.415. The van der Waals surface area contributed by atoms with Crippen molar-refractivity contribution >= 4 is 33.2 Å². The number of hydrogen-bond donors (Lipinski definition) is 1. The number of benzene rings is 1. The van der Waals surface area contributed by atoms with Crippen molar-refractivity contribution in [3.8, 4) is 0 Å². The van der Waals surface area contributed by atoms with Crippen molar-refractivity contribution < 1.29 is 4.39 Å². The van der Waals surface area contributed by atoms with E-state index in [1.54, 1.807) is 12.1 Å². The van der Waals surface area contributed by atoms with E-state index in [0.29, 0.717) is 6.54 Å². The Bertz CT molecular complexity index is 598. The molecule has 0 aliphatic rings. The van der Waals surface area contributed by atoms with Gasteiger partial charge in [0.2, 0.25) is 0 Å². The van der Waals surface area contributed by atoms with E-state index in [-0.39, 0.29) is 5.02 Å². The smallest absolute Gasteiger partial charge is 0.141 e. The largest absolute Gasteiger partial charge is 0.379 e. The molecule has 1 aromatic carbocycles. The second-order valence-electron chi connectivity index (χ2n) is 4.17. The van der Waals surface area contributed by atoms with Gasteiger partial charge in [0.05, 0.1) is 27.4 Å². The molecule has 0 aliphatic heterocycles. The van der Waals surface area contributed by atoms with E-state index < -0.39 is 5.82 Å². The summed E-state index contributed by atoms with van der Waals surface area (Å²) in [5.41, 5.74) is 2.84. The topological polar surface area (TPSA) is 29.9 Å². The van der Waals surface area contributed by atoms with Crippen LogP contribution in [0.1, 0.15) is 18.3 Å². The molecule has 0 bridgehead atoms. The third-order valence-corrected chi connectivity index (χ3v) is 4.09. The lowest BCUT2D eigenvalue weighted by Crippen LogP contribution is -2.06. The second-order valence-corrected chi connectivity index (χ2v) is 5.37. The van der Waals surface area contributed by atoms with E-state index in [0.717, 1.165) is 28.0 Å². The molecule has 0 amide bonds. The Morgan fingerprint density at radius 1 is 1.47 bits per heavy atom. The van der Waals surface area contributed by atoms with Crippen LogP contribution in [0.2, 0.25) is 5.02 Å². The monoisotopic (exact) mass is 345 g/mol. The zero-order valence-corrected chi connectivity index (χ0v) is 13.0. The van der Waals surface area contributed by atoms with Gasteiger partial charge in [-0.25, -0.2) is 4.39 Å². The first-order valence-corrected chi connectivity index (χ1v) is 7.09. The minimum atomic E-state index is -0.415. The lowest BCUT2D eigenvalue weighted by Gasteiger charge is -2.08. The normalized spacial score (nSPS) is 10.8. The van der Waals surface area contributed by atoms with E-state index >= 15 is 0 Å². The number of hydrogen-bond acceptors (Lipinski definition) is 2. The Kier molecular flexibility index (Phi) is 4.47. The third-order valence-electron chi connectivity index (χ3n) is 2.88. The molecular formula is C13H14BrClFN3. The molecule has 2 aromatic rings. The molecule has 19 heavy (non-hydrogen) atoms. The molecule has 0 spiro atoms. The molecular weight excluding hydrogens is 333 g/mol. The molecule has 2 rings (SSSR count). The summed E-state index contributed by atoms with van der Waals surface area (Å²) < 4.78 is 15.9. The summed E-state index contributed by atoms with van der Waals surface area (Å²) in [6.45, 7) is 2.65. The number of aryl methyl sites for hydroxylation is 2. The lowest BCUT2D eigenvalue weighted by atomic mass is 10.2. The molecule has 0 aliphatic carbocycles. The van der Waals surface area contributed by atoms with Crippen LogP contribution in [0.15, 0.2) is 22.7 Å². The van der Waals surface area contributed by atoms with Crippen LogP contribution >= 0.6 is 27.5 Å². The fourth-order valence-corrected chi connectivity index (χ4v) is 2.74. The minimum Gasteiger partial charge on any atom is -0.379 e. The molecule has 1 heterocycles. The van der Waals surface area contributed by atoms with Crippen LogP contribution in [0.4, 0.5) is 10.1 Å². The number of aromatic nitrogens is 2. The average molecular weight is 347 g/mol. The van der Waals surface area contributed by atoms with Gasteiger partial charge >= 0.3 is 0 Å². The molecule has 0 radical (unpaired) electrons. The molecule has 102 valence electrons. The van der Waals surface area contributed by atoms with E-state index in [1.807, 2.05) is 11.7 Å². The molecule has 1 aromatic heterocycles. The number of halogens is 3. The quantitative estimate of drug-likeness (QED) is 0.901. The van der Waals surface area contributed by atoms with Crippen LogP contribution in [-0.2, 0) is 20.0 Å². The Hall–Kier alpha value is -1.07. The van der Waals surface area contributed by atoms with Crippen LogP contribution in [0.3, 0.4) is 0 Å². The molecule has 0 saturated carbocycles. The molecule has 3 nitrogen and oxygen atoms in total. The Morgan fingerprint density at radius 3 is 2.79 bits per heavy atom. The molecule has 0 atom stereocenters. The fraction of sp³-hybridized carbons (Fsp3) is 0.308. The number of nitrogens with zero attached hydrogens (tertiary/aromatic N) is 2. The maximum atomic E-state index is 13.1. The van der Waals surface area contributed by atoms with Crippen molar-refractivity contribution in [1.29, 1.82) is 0 Å². The van der Waals surface area contributed by atoms with Gasteiger partial charge in [-0.15, -0.1) is 0 Å². The summed E-state index contributed by atoms with van der Waals surface area (Å²) in [6.07, 6.45) is 0.872. The summed E-state index contributed by atoms with van der Waals surface area (Å²) in [4.78, 5) is 0. The SMILES string of the molecule is CCc1nn(C)c(CNc2ccc(F)c(Cl)c2)c1Br. The highest BCUT2D eigenvalue weighted by Crippen LogP contribution is 2.24. The van der Waals surface area contributed by atoms with Crippen LogP contribution < -0.4 is 5.32 Å². The van der Waals surface area contributed by atoms with Crippen LogP contribution in [0, 0.1) is 5.82 Å². The van der Waals surface area contributed by atoms with Crippen LogP contribution in [0.25, 0.3) is 0 Å². The van der Waals surface area contributed by atoms with E-state index in [9.17, 15) is 4.39 Å². The average Bonchev–Trinajstić information content (AvgIpc) is 2.66. The number of nitrogens with one attached hydrogen (secondary N) is 1. The fourth-order valence-electron chi connectivity index (χ4n) is 1.80. The first-order chi connectivity index (χ1) is 9.02. The molecule has 6 heteroatoms. The van der Waals surface area contributed by atoms with E-state index in [1.165, 1.54) is 6.07 Å². The Labute approximate surface area is 124 Å². The summed E-state index contributed by atoms with van der Waals surface area (Å²) in [7, 11) is 1.90. The highest BCUT2D eigenvalue weighted by molar-refractivity contribution is 9.10. The van der Waals surface area contributed by atoms with Crippen molar-refractivity contribution in [3.05, 3.63) is 44.9 Å². The minimum absolute atomic E-state index is 0.114. The van der Waals surface area contributed by atoms with Gasteiger partial charge in [0.15, 0.2) is 0 Å². The van der Waals surface area contributed by atoms with E-state index in [2.05, 4.69) is 33.3 Å². The Balaban J connectivity index is 2.14. The predicted molar refractivity (Wildman–Crippen MR) is 79.0 cm³/mol. The standard InChI is InChI=1S/C13H14BrClFN3/c1-3-11-13(14)12(19(2)18-11)7-17-8-4-5-10(16)9(15)6-8/h4-6,17H,3,7H2,1-2H3.